The Morgan fingerprint density at radius 2 is 1.14 bits per heavy atom. The molecule has 0 N–H and O–H groups in total. The molecule has 4 aromatic carbocycles. The van der Waals surface area contributed by atoms with Crippen molar-refractivity contribution in [1.82, 2.24) is 0 Å². The first kappa shape index (κ1) is 12.0. The van der Waals surface area contributed by atoms with Crippen molar-refractivity contribution < 1.29 is 4.74 Å². The number of benzene rings is 4. The van der Waals surface area contributed by atoms with Gasteiger partial charge in [0.15, 0.2) is 0 Å². The van der Waals surface area contributed by atoms with Gasteiger partial charge in [0.05, 0.1) is 0 Å². The summed E-state index contributed by atoms with van der Waals surface area (Å²) in [6.45, 7) is 0. The molecule has 0 aromatic heterocycles. The molecule has 0 aliphatic carbocycles. The highest BCUT2D eigenvalue weighted by molar-refractivity contribution is 5.91. The molecule has 4 rings (SSSR count). The molecule has 1 heteroatoms. The van der Waals surface area contributed by atoms with Crippen LogP contribution in [0.25, 0.3) is 21.5 Å². The van der Waals surface area contributed by atoms with Crippen LogP contribution in [0.5, 0.6) is 11.5 Å². The molecule has 96 valence electrons. The first-order chi connectivity index (χ1) is 10.4. The zero-order valence-electron chi connectivity index (χ0n) is 11.2. The van der Waals surface area contributed by atoms with Gasteiger partial charge in [-0.1, -0.05) is 24.3 Å². The van der Waals surface area contributed by atoms with Gasteiger partial charge in [0, 0.05) is 22.9 Å². The monoisotopic (exact) mass is 266 g/mol. The highest BCUT2D eigenvalue weighted by Gasteiger charge is 2.06. The molecular formula is C20H10O. The highest BCUT2D eigenvalue weighted by atomic mass is 16.5. The zero-order valence-corrected chi connectivity index (χ0v) is 11.2. The lowest BCUT2D eigenvalue weighted by molar-refractivity contribution is 0.492. The van der Waals surface area contributed by atoms with Crippen LogP contribution < -0.4 is 4.74 Å². The Morgan fingerprint density at radius 1 is 0.619 bits per heavy atom. The van der Waals surface area contributed by atoms with Gasteiger partial charge in [0.25, 0.3) is 0 Å². The van der Waals surface area contributed by atoms with E-state index in [0.29, 0.717) is 11.5 Å². The number of hydrogen-bond acceptors (Lipinski definition) is 1. The summed E-state index contributed by atoms with van der Waals surface area (Å²) in [7, 11) is 0. The molecule has 0 aliphatic rings. The van der Waals surface area contributed by atoms with Crippen LogP contribution in [-0.4, -0.2) is 0 Å². The molecular weight excluding hydrogens is 256 g/mol. The average molecular weight is 266 g/mol. The van der Waals surface area contributed by atoms with E-state index in [9.17, 15) is 0 Å². The van der Waals surface area contributed by atoms with E-state index < -0.39 is 0 Å². The fraction of sp³-hybridized carbons (Fsp3) is 0. The third-order valence-electron chi connectivity index (χ3n) is 3.44. The second-order valence-electron chi connectivity index (χ2n) is 4.74. The van der Waals surface area contributed by atoms with Crippen molar-refractivity contribution >= 4 is 21.5 Å². The van der Waals surface area contributed by atoms with Gasteiger partial charge in [-0.15, -0.1) is 0 Å². The zero-order chi connectivity index (χ0) is 14.1. The molecule has 0 spiro atoms. The van der Waals surface area contributed by atoms with Gasteiger partial charge in [0.2, 0.25) is 0 Å². The minimum Gasteiger partial charge on any atom is -0.455 e. The van der Waals surface area contributed by atoms with E-state index in [4.69, 9.17) is 4.74 Å². The van der Waals surface area contributed by atoms with Crippen molar-refractivity contribution in [2.24, 2.45) is 0 Å². The van der Waals surface area contributed by atoms with Gasteiger partial charge in [-0.2, -0.15) is 0 Å². The predicted octanol–water partition coefficient (Wildman–Crippen LogP) is 4.99. The van der Waals surface area contributed by atoms with Gasteiger partial charge in [-0.25, -0.2) is 0 Å². The van der Waals surface area contributed by atoms with Crippen molar-refractivity contribution in [2.45, 2.75) is 0 Å². The van der Waals surface area contributed by atoms with Crippen molar-refractivity contribution in [3.8, 4) is 11.5 Å². The van der Waals surface area contributed by atoms with E-state index in [0.717, 1.165) is 21.5 Å². The fourth-order valence-electron chi connectivity index (χ4n) is 2.42. The van der Waals surface area contributed by atoms with Crippen molar-refractivity contribution in [3.05, 3.63) is 84.9 Å². The molecule has 0 heterocycles. The molecule has 0 saturated carbocycles. The molecule has 0 saturated heterocycles. The van der Waals surface area contributed by atoms with Crippen molar-refractivity contribution in [1.29, 1.82) is 0 Å². The molecule has 0 fully saturated rings. The van der Waals surface area contributed by atoms with E-state index in [-0.39, 0.29) is 0 Å². The van der Waals surface area contributed by atoms with Crippen LogP contribution in [0, 0.1) is 24.3 Å². The summed E-state index contributed by atoms with van der Waals surface area (Å²) in [6, 6.07) is 31.8. The van der Waals surface area contributed by atoms with Crippen LogP contribution in [-0.2, 0) is 0 Å². The molecule has 1 nitrogen and oxygen atoms in total. The molecule has 4 radical (unpaired) electrons. The summed E-state index contributed by atoms with van der Waals surface area (Å²) in [4.78, 5) is 0. The fourth-order valence-corrected chi connectivity index (χ4v) is 2.42. The van der Waals surface area contributed by atoms with Gasteiger partial charge in [0.1, 0.15) is 11.5 Å². The third kappa shape index (κ3) is 2.13. The van der Waals surface area contributed by atoms with Gasteiger partial charge >= 0.3 is 0 Å². The Hall–Kier alpha value is -2.80. The summed E-state index contributed by atoms with van der Waals surface area (Å²) in [5, 5.41) is 4.20. The van der Waals surface area contributed by atoms with Crippen LogP contribution in [0.4, 0.5) is 0 Å². The topological polar surface area (TPSA) is 9.23 Å². The molecule has 0 bridgehead atoms. The lowest BCUT2D eigenvalue weighted by Gasteiger charge is -2.10. The Labute approximate surface area is 123 Å². The lowest BCUT2D eigenvalue weighted by atomic mass is 10.1. The summed E-state index contributed by atoms with van der Waals surface area (Å²) < 4.78 is 6.07. The van der Waals surface area contributed by atoms with Crippen LogP contribution in [0.15, 0.2) is 60.7 Å². The highest BCUT2D eigenvalue weighted by Crippen LogP contribution is 2.32. The van der Waals surface area contributed by atoms with E-state index in [1.54, 1.807) is 0 Å². The van der Waals surface area contributed by atoms with Crippen LogP contribution >= 0.6 is 0 Å². The normalized spacial score (nSPS) is 10.9. The molecule has 0 amide bonds. The maximum atomic E-state index is 6.07. The first-order valence-electron chi connectivity index (χ1n) is 6.71. The Kier molecular flexibility index (Phi) is 2.82. The third-order valence-corrected chi connectivity index (χ3v) is 3.44. The van der Waals surface area contributed by atoms with Crippen molar-refractivity contribution in [3.63, 3.8) is 0 Å². The molecule has 0 atom stereocenters. The van der Waals surface area contributed by atoms with Gasteiger partial charge in [-0.3, -0.25) is 0 Å². The van der Waals surface area contributed by atoms with E-state index in [2.05, 4.69) is 24.3 Å². The maximum absolute atomic E-state index is 6.07. The largest absolute Gasteiger partial charge is 0.455 e. The van der Waals surface area contributed by atoms with E-state index in [1.807, 2.05) is 60.7 Å². The summed E-state index contributed by atoms with van der Waals surface area (Å²) >= 11 is 0. The Balaban J connectivity index is 1.87. The molecule has 0 aliphatic heterocycles. The smallest absolute Gasteiger partial charge is 0.143 e. The number of hydrogen-bond donors (Lipinski definition) is 0. The number of rotatable bonds is 2. The van der Waals surface area contributed by atoms with E-state index >= 15 is 0 Å². The number of fused-ring (bicyclic) bond motifs is 2. The quantitative estimate of drug-likeness (QED) is 0.497. The minimum absolute atomic E-state index is 0.707. The van der Waals surface area contributed by atoms with Crippen LogP contribution in [0.1, 0.15) is 0 Å². The predicted molar refractivity (Wildman–Crippen MR) is 83.3 cm³/mol. The Bertz CT molecular complexity index is 837. The van der Waals surface area contributed by atoms with E-state index in [1.165, 1.54) is 0 Å². The minimum atomic E-state index is 0.707. The van der Waals surface area contributed by atoms with Crippen molar-refractivity contribution in [2.75, 3.05) is 0 Å². The molecule has 21 heavy (non-hydrogen) atoms. The summed E-state index contributed by atoms with van der Waals surface area (Å²) in [5.74, 6) is 1.41. The number of ether oxygens (including phenoxy) is 1. The molecule has 0 unspecified atom stereocenters. The second kappa shape index (κ2) is 4.95. The Morgan fingerprint density at radius 3 is 1.67 bits per heavy atom. The SMILES string of the molecule is [c]1ccc2c(Oc3[c]ccc4c[c]ccc34)[c]ccc2c1. The summed E-state index contributed by atoms with van der Waals surface area (Å²) in [5.41, 5.74) is 0. The molecule has 4 aromatic rings. The van der Waals surface area contributed by atoms with Gasteiger partial charge < -0.3 is 4.74 Å². The second-order valence-corrected chi connectivity index (χ2v) is 4.74. The lowest BCUT2D eigenvalue weighted by Crippen LogP contribution is -1.88. The maximum Gasteiger partial charge on any atom is 0.143 e. The van der Waals surface area contributed by atoms with Crippen LogP contribution in [0.2, 0.25) is 0 Å². The van der Waals surface area contributed by atoms with Gasteiger partial charge in [-0.05, 0) is 59.3 Å². The van der Waals surface area contributed by atoms with Crippen LogP contribution in [0.3, 0.4) is 0 Å². The first-order valence-corrected chi connectivity index (χ1v) is 6.71. The standard InChI is InChI=1S/C20H10O/c1-3-11-17-15(7-1)9-5-13-19(17)21-20-14-6-10-16-8-2-4-12-18(16)20/h3-12H. The average Bonchev–Trinajstić information content (AvgIpc) is 2.56. The summed E-state index contributed by atoms with van der Waals surface area (Å²) in [6.07, 6.45) is 0.